The molecule has 0 aromatic heterocycles. The lowest BCUT2D eigenvalue weighted by Crippen LogP contribution is -2.70. The summed E-state index contributed by atoms with van der Waals surface area (Å²) in [5.41, 5.74) is 1.83. The maximum absolute atomic E-state index is 13.4. The Balaban J connectivity index is 1.34. The number of benzene rings is 3. The maximum atomic E-state index is 13.4. The number of nitrogens with zero attached hydrogens (tertiary/aromatic N) is 1. The van der Waals surface area contributed by atoms with Gasteiger partial charge in [0.05, 0.1) is 18.6 Å². The number of nitrogens with one attached hydrogen (secondary N) is 1. The molecule has 39 heavy (non-hydrogen) atoms. The van der Waals surface area contributed by atoms with E-state index in [-0.39, 0.29) is 30.5 Å². The van der Waals surface area contributed by atoms with Gasteiger partial charge in [0, 0.05) is 15.6 Å². The summed E-state index contributed by atoms with van der Waals surface area (Å²) in [6.07, 6.45) is 0.169. The summed E-state index contributed by atoms with van der Waals surface area (Å²) in [5.74, 6) is -0.0357. The maximum Gasteiger partial charge on any atom is 0.356 e. The van der Waals surface area contributed by atoms with E-state index in [1.54, 1.807) is 25.3 Å². The molecular weight excluding hydrogens is 556 g/mol. The number of carbonyl (C=O) groups is 3. The molecule has 0 bridgehead atoms. The van der Waals surface area contributed by atoms with Gasteiger partial charge in [-0.1, -0.05) is 78.0 Å². The monoisotopic (exact) mass is 580 g/mol. The summed E-state index contributed by atoms with van der Waals surface area (Å²) in [4.78, 5) is 42.3. The van der Waals surface area contributed by atoms with Crippen molar-refractivity contribution in [3.05, 3.63) is 106 Å². The molecule has 2 amide bonds. The molecule has 5 rings (SSSR count). The van der Waals surface area contributed by atoms with E-state index in [9.17, 15) is 14.4 Å². The molecule has 1 fully saturated rings. The molecule has 7 nitrogen and oxygen atoms in total. The molecule has 0 radical (unpaired) electrons. The Morgan fingerprint density at radius 2 is 1.74 bits per heavy atom. The van der Waals surface area contributed by atoms with E-state index in [2.05, 4.69) is 5.32 Å². The minimum absolute atomic E-state index is 0.0352. The van der Waals surface area contributed by atoms with E-state index in [1.165, 1.54) is 28.4 Å². The predicted octanol–water partition coefficient (Wildman–Crippen LogP) is 5.04. The zero-order valence-corrected chi connectivity index (χ0v) is 23.4. The van der Waals surface area contributed by atoms with Crippen molar-refractivity contribution in [1.82, 2.24) is 10.2 Å². The SMILES string of the molecule is COc1ccc(COC(=O)C2=C(Sc3ccccc3Cl)CS[C@H]3[C@H](NC(=O)Cc4ccccc4)C(=O)N23)cc1. The molecule has 3 aromatic rings. The molecule has 0 aliphatic carbocycles. The van der Waals surface area contributed by atoms with E-state index in [4.69, 9.17) is 21.1 Å². The van der Waals surface area contributed by atoms with Crippen LogP contribution in [0, 0.1) is 0 Å². The van der Waals surface area contributed by atoms with Crippen LogP contribution in [0.5, 0.6) is 5.75 Å². The second kappa shape index (κ2) is 12.2. The van der Waals surface area contributed by atoms with Gasteiger partial charge in [0.25, 0.3) is 5.91 Å². The van der Waals surface area contributed by atoms with E-state index in [1.807, 2.05) is 60.7 Å². The van der Waals surface area contributed by atoms with Crippen LogP contribution in [0.2, 0.25) is 5.02 Å². The third-order valence-electron chi connectivity index (χ3n) is 6.25. The van der Waals surface area contributed by atoms with Gasteiger partial charge >= 0.3 is 5.97 Å². The topological polar surface area (TPSA) is 84.9 Å². The van der Waals surface area contributed by atoms with Crippen molar-refractivity contribution in [3.8, 4) is 5.75 Å². The third-order valence-corrected chi connectivity index (χ3v) is 9.31. The van der Waals surface area contributed by atoms with Crippen molar-refractivity contribution in [3.63, 3.8) is 0 Å². The fourth-order valence-electron chi connectivity index (χ4n) is 4.26. The fourth-order valence-corrected chi connectivity index (χ4v) is 7.01. The highest BCUT2D eigenvalue weighted by Crippen LogP contribution is 2.46. The number of carbonyl (C=O) groups excluding carboxylic acids is 3. The minimum Gasteiger partial charge on any atom is -0.497 e. The molecule has 3 aromatic carbocycles. The Kier molecular flexibility index (Phi) is 8.50. The molecule has 2 heterocycles. The molecule has 0 saturated carbocycles. The first kappa shape index (κ1) is 27.2. The number of β-lactam (4-membered cyclic amide) rings is 1. The molecule has 2 atom stereocenters. The molecule has 2 aliphatic heterocycles. The van der Waals surface area contributed by atoms with Gasteiger partial charge in [0.15, 0.2) is 0 Å². The van der Waals surface area contributed by atoms with Gasteiger partial charge in [-0.25, -0.2) is 4.79 Å². The highest BCUT2D eigenvalue weighted by atomic mass is 35.5. The van der Waals surface area contributed by atoms with Crippen LogP contribution in [-0.2, 0) is 32.1 Å². The second-order valence-corrected chi connectivity index (χ2v) is 11.5. The van der Waals surface area contributed by atoms with E-state index in [0.717, 1.165) is 16.0 Å². The molecule has 200 valence electrons. The summed E-state index contributed by atoms with van der Waals surface area (Å²) in [6, 6.07) is 23.1. The van der Waals surface area contributed by atoms with Crippen molar-refractivity contribution in [2.45, 2.75) is 29.3 Å². The molecule has 2 aliphatic rings. The van der Waals surface area contributed by atoms with Crippen LogP contribution in [0.25, 0.3) is 0 Å². The number of ether oxygens (including phenoxy) is 2. The molecule has 0 unspecified atom stereocenters. The summed E-state index contributed by atoms with van der Waals surface area (Å²) in [5, 5.41) is 2.99. The molecule has 10 heteroatoms. The van der Waals surface area contributed by atoms with Gasteiger partial charge < -0.3 is 14.8 Å². The predicted molar refractivity (Wildman–Crippen MR) is 152 cm³/mol. The number of fused-ring (bicyclic) bond motifs is 1. The molecule has 0 spiro atoms. The van der Waals surface area contributed by atoms with Crippen LogP contribution < -0.4 is 10.1 Å². The summed E-state index contributed by atoms with van der Waals surface area (Å²) in [7, 11) is 1.58. The van der Waals surface area contributed by atoms with Crippen LogP contribution in [-0.4, -0.2) is 47.0 Å². The average molecular weight is 581 g/mol. The van der Waals surface area contributed by atoms with E-state index in [0.29, 0.717) is 21.4 Å². The zero-order chi connectivity index (χ0) is 27.4. The number of thioether (sulfide) groups is 2. The van der Waals surface area contributed by atoms with Crippen molar-refractivity contribution in [2.75, 3.05) is 12.9 Å². The number of rotatable bonds is 9. The lowest BCUT2D eigenvalue weighted by atomic mass is 10.0. The zero-order valence-electron chi connectivity index (χ0n) is 21.0. The minimum atomic E-state index is -0.720. The normalized spacial score (nSPS) is 18.2. The standard InChI is InChI=1S/C29H25ClN2O5S2/c1-36-20-13-11-19(12-14-20)16-37-29(35)26-23(39-22-10-6-5-9-21(22)30)17-38-28-25(27(34)32(26)28)31-24(33)15-18-7-3-2-4-8-18/h2-14,25,28H,15-17H2,1H3,(H,31,33)/t25-,28+/m1/s1. The molecule has 1 saturated heterocycles. The van der Waals surface area contributed by atoms with Gasteiger partial charge in [-0.05, 0) is 35.4 Å². The van der Waals surface area contributed by atoms with Crippen LogP contribution in [0.1, 0.15) is 11.1 Å². The Bertz CT molecular complexity index is 1410. The first-order valence-corrected chi connectivity index (χ1v) is 14.4. The first-order valence-electron chi connectivity index (χ1n) is 12.2. The quantitative estimate of drug-likeness (QED) is 0.280. The fraction of sp³-hybridized carbons (Fsp3) is 0.207. The largest absolute Gasteiger partial charge is 0.497 e. The number of amides is 2. The summed E-state index contributed by atoms with van der Waals surface area (Å²) < 4.78 is 10.8. The number of hydrogen-bond acceptors (Lipinski definition) is 7. The lowest BCUT2D eigenvalue weighted by molar-refractivity contribution is -0.153. The van der Waals surface area contributed by atoms with Crippen molar-refractivity contribution in [1.29, 1.82) is 0 Å². The lowest BCUT2D eigenvalue weighted by Gasteiger charge is -2.49. The molecular formula is C29H25ClN2O5S2. The molecule has 1 N–H and O–H groups in total. The third kappa shape index (κ3) is 6.11. The summed E-state index contributed by atoms with van der Waals surface area (Å²) >= 11 is 9.22. The second-order valence-electron chi connectivity index (χ2n) is 8.85. The first-order chi connectivity index (χ1) is 18.9. The Labute approximate surface area is 239 Å². The Morgan fingerprint density at radius 3 is 2.46 bits per heavy atom. The van der Waals surface area contributed by atoms with Crippen molar-refractivity contribution < 1.29 is 23.9 Å². The van der Waals surface area contributed by atoms with Crippen LogP contribution in [0.3, 0.4) is 0 Å². The highest BCUT2D eigenvalue weighted by molar-refractivity contribution is 8.06. The van der Waals surface area contributed by atoms with Crippen LogP contribution in [0.15, 0.2) is 94.4 Å². The van der Waals surface area contributed by atoms with E-state index < -0.39 is 17.4 Å². The summed E-state index contributed by atoms with van der Waals surface area (Å²) in [6.45, 7) is 0.0352. The van der Waals surface area contributed by atoms with Gasteiger partial charge in [-0.2, -0.15) is 0 Å². The average Bonchev–Trinajstić information content (AvgIpc) is 2.96. The number of halogens is 1. The van der Waals surface area contributed by atoms with Gasteiger partial charge in [0.1, 0.15) is 29.5 Å². The smallest absolute Gasteiger partial charge is 0.356 e. The number of methoxy groups -OCH3 is 1. The number of esters is 1. The van der Waals surface area contributed by atoms with E-state index >= 15 is 0 Å². The Morgan fingerprint density at radius 1 is 1.03 bits per heavy atom. The highest BCUT2D eigenvalue weighted by Gasteiger charge is 2.54. The number of hydrogen-bond donors (Lipinski definition) is 1. The van der Waals surface area contributed by atoms with Gasteiger partial charge in [0.2, 0.25) is 5.91 Å². The van der Waals surface area contributed by atoms with Gasteiger partial charge in [-0.3, -0.25) is 14.5 Å². The van der Waals surface area contributed by atoms with Crippen molar-refractivity contribution >= 4 is 52.9 Å². The van der Waals surface area contributed by atoms with Crippen molar-refractivity contribution in [2.24, 2.45) is 0 Å². The van der Waals surface area contributed by atoms with Gasteiger partial charge in [-0.15, -0.1) is 11.8 Å². The van der Waals surface area contributed by atoms with Crippen LogP contribution >= 0.6 is 35.1 Å². The Hall–Kier alpha value is -3.40. The van der Waals surface area contributed by atoms with Crippen LogP contribution in [0.4, 0.5) is 0 Å².